The first kappa shape index (κ1) is 18.0. The zero-order chi connectivity index (χ0) is 16.8. The van der Waals surface area contributed by atoms with Gasteiger partial charge in [0.2, 0.25) is 0 Å². The lowest BCUT2D eigenvalue weighted by Crippen LogP contribution is -2.48. The maximum absolute atomic E-state index is 13.4. The monoisotopic (exact) mass is 343 g/mol. The number of benzene rings is 1. The van der Waals surface area contributed by atoms with Crippen LogP contribution in [0.2, 0.25) is 5.02 Å². The van der Waals surface area contributed by atoms with Crippen molar-refractivity contribution >= 4 is 17.6 Å². The molecule has 2 rings (SSSR count). The number of likely N-dealkylation sites (tertiary alicyclic amines) is 1. The van der Waals surface area contributed by atoms with Crippen molar-refractivity contribution in [3.05, 3.63) is 34.6 Å². The molecule has 1 saturated heterocycles. The lowest BCUT2D eigenvalue weighted by Gasteiger charge is -2.31. The Morgan fingerprint density at radius 3 is 2.78 bits per heavy atom. The van der Waals surface area contributed by atoms with E-state index in [1.165, 1.54) is 18.2 Å². The number of amides is 2. The van der Waals surface area contributed by atoms with Gasteiger partial charge in [-0.2, -0.15) is 0 Å². The highest BCUT2D eigenvalue weighted by molar-refractivity contribution is 6.30. The van der Waals surface area contributed by atoms with Crippen LogP contribution in [-0.2, 0) is 0 Å². The smallest absolute Gasteiger partial charge is 0.315 e. The molecule has 0 bridgehead atoms. The van der Waals surface area contributed by atoms with Gasteiger partial charge >= 0.3 is 6.03 Å². The molecule has 5 nitrogen and oxygen atoms in total. The summed E-state index contributed by atoms with van der Waals surface area (Å²) < 4.78 is 13.4. The van der Waals surface area contributed by atoms with Crippen LogP contribution in [0.5, 0.6) is 0 Å². The van der Waals surface area contributed by atoms with Crippen molar-refractivity contribution in [2.45, 2.75) is 31.9 Å². The summed E-state index contributed by atoms with van der Waals surface area (Å²) in [6.45, 7) is 5.13. The Kier molecular flexibility index (Phi) is 6.62. The normalized spacial score (nSPS) is 17.7. The minimum absolute atomic E-state index is 0.00470. The van der Waals surface area contributed by atoms with E-state index in [1.807, 2.05) is 0 Å². The summed E-state index contributed by atoms with van der Waals surface area (Å²) in [5.74, 6) is -0.588. The van der Waals surface area contributed by atoms with Gasteiger partial charge in [0.05, 0.1) is 11.1 Å². The van der Waals surface area contributed by atoms with Crippen molar-refractivity contribution in [3.63, 3.8) is 0 Å². The van der Waals surface area contributed by atoms with E-state index in [9.17, 15) is 14.3 Å². The third kappa shape index (κ3) is 5.34. The highest BCUT2D eigenvalue weighted by Gasteiger charge is 2.20. The number of halogens is 2. The zero-order valence-corrected chi connectivity index (χ0v) is 13.9. The molecule has 1 aliphatic rings. The van der Waals surface area contributed by atoms with Crippen molar-refractivity contribution in [1.82, 2.24) is 15.5 Å². The molecule has 0 aromatic heterocycles. The lowest BCUT2D eigenvalue weighted by molar-refractivity contribution is 0.169. The van der Waals surface area contributed by atoms with E-state index >= 15 is 0 Å². The third-order valence-corrected chi connectivity index (χ3v) is 4.46. The minimum Gasteiger partial charge on any atom is -0.387 e. The van der Waals surface area contributed by atoms with E-state index in [0.29, 0.717) is 5.56 Å². The first-order chi connectivity index (χ1) is 11.0. The van der Waals surface area contributed by atoms with Crippen molar-refractivity contribution in [2.24, 2.45) is 0 Å². The fourth-order valence-electron chi connectivity index (χ4n) is 2.66. The van der Waals surface area contributed by atoms with Gasteiger partial charge in [-0.3, -0.25) is 0 Å². The number of nitrogens with one attached hydrogen (secondary N) is 2. The van der Waals surface area contributed by atoms with Crippen LogP contribution in [-0.4, -0.2) is 48.3 Å². The molecule has 1 atom stereocenters. The Hall–Kier alpha value is -1.37. The molecule has 1 aromatic carbocycles. The molecule has 0 unspecified atom stereocenters. The number of nitrogens with zero attached hydrogens (tertiary/aromatic N) is 1. The van der Waals surface area contributed by atoms with Crippen LogP contribution in [0.1, 0.15) is 31.4 Å². The van der Waals surface area contributed by atoms with Gasteiger partial charge in [-0.15, -0.1) is 0 Å². The number of hydrogen-bond donors (Lipinski definition) is 3. The predicted octanol–water partition coefficient (Wildman–Crippen LogP) is 2.30. The average molecular weight is 344 g/mol. The van der Waals surface area contributed by atoms with Crippen LogP contribution >= 0.6 is 11.6 Å². The van der Waals surface area contributed by atoms with Gasteiger partial charge in [-0.1, -0.05) is 24.6 Å². The largest absolute Gasteiger partial charge is 0.387 e. The summed E-state index contributed by atoms with van der Waals surface area (Å²) in [6, 6.07) is 3.94. The van der Waals surface area contributed by atoms with Crippen LogP contribution in [0.3, 0.4) is 0 Å². The summed E-state index contributed by atoms with van der Waals surface area (Å²) in [6.07, 6.45) is 0.868. The molecule has 1 fully saturated rings. The highest BCUT2D eigenvalue weighted by Crippen LogP contribution is 2.19. The number of aliphatic hydroxyl groups is 1. The van der Waals surface area contributed by atoms with Crippen molar-refractivity contribution in [1.29, 1.82) is 0 Å². The molecule has 1 aromatic rings. The summed E-state index contributed by atoms with van der Waals surface area (Å²) in [7, 11) is 0. The van der Waals surface area contributed by atoms with Gasteiger partial charge in [0, 0.05) is 25.7 Å². The molecule has 3 N–H and O–H groups in total. The van der Waals surface area contributed by atoms with E-state index in [2.05, 4.69) is 22.5 Å². The Labute approximate surface area is 140 Å². The van der Waals surface area contributed by atoms with Crippen LogP contribution in [0.25, 0.3) is 0 Å². The number of piperidine rings is 1. The van der Waals surface area contributed by atoms with Crippen molar-refractivity contribution < 1.29 is 14.3 Å². The van der Waals surface area contributed by atoms with Gasteiger partial charge in [0.25, 0.3) is 0 Å². The lowest BCUT2D eigenvalue weighted by atomic mass is 10.1. The second-order valence-corrected chi connectivity index (χ2v) is 6.16. The first-order valence-corrected chi connectivity index (χ1v) is 8.27. The number of carbonyl (C=O) groups is 1. The van der Waals surface area contributed by atoms with Gasteiger partial charge in [-0.25, -0.2) is 9.18 Å². The molecule has 2 amide bonds. The SMILES string of the molecule is CCN1CCC(NC(=O)NC[C@@H](O)c2ccc(Cl)c(F)c2)CC1. The van der Waals surface area contributed by atoms with Crippen molar-refractivity contribution in [2.75, 3.05) is 26.2 Å². The van der Waals surface area contributed by atoms with Crippen LogP contribution in [0, 0.1) is 5.82 Å². The van der Waals surface area contributed by atoms with E-state index in [-0.39, 0.29) is 23.6 Å². The second kappa shape index (κ2) is 8.47. The van der Waals surface area contributed by atoms with E-state index < -0.39 is 11.9 Å². The number of carbonyl (C=O) groups excluding carboxylic acids is 1. The van der Waals surface area contributed by atoms with E-state index in [0.717, 1.165) is 32.5 Å². The quantitative estimate of drug-likeness (QED) is 0.768. The summed E-state index contributed by atoms with van der Waals surface area (Å²) in [5, 5.41) is 15.5. The fraction of sp³-hybridized carbons (Fsp3) is 0.562. The topological polar surface area (TPSA) is 64.6 Å². The van der Waals surface area contributed by atoms with Gasteiger partial charge < -0.3 is 20.6 Å². The van der Waals surface area contributed by atoms with Crippen molar-refractivity contribution in [3.8, 4) is 0 Å². The first-order valence-electron chi connectivity index (χ1n) is 7.89. The standard InChI is InChI=1S/C16H23ClFN3O2/c1-2-21-7-5-12(6-8-21)20-16(23)19-10-15(22)11-3-4-13(17)14(18)9-11/h3-4,9,12,15,22H,2,5-8,10H2,1H3,(H2,19,20,23)/t15-/m1/s1. The van der Waals surface area contributed by atoms with Crippen LogP contribution in [0.4, 0.5) is 9.18 Å². The molecule has 0 radical (unpaired) electrons. The van der Waals surface area contributed by atoms with Gasteiger partial charge in [-0.05, 0) is 37.1 Å². The van der Waals surface area contributed by atoms with E-state index in [4.69, 9.17) is 11.6 Å². The molecule has 0 saturated carbocycles. The molecule has 0 aliphatic carbocycles. The summed E-state index contributed by atoms with van der Waals surface area (Å²) in [5.41, 5.74) is 0.378. The second-order valence-electron chi connectivity index (χ2n) is 5.75. The average Bonchev–Trinajstić information content (AvgIpc) is 2.56. The highest BCUT2D eigenvalue weighted by atomic mass is 35.5. The van der Waals surface area contributed by atoms with Gasteiger partial charge in [0.15, 0.2) is 0 Å². The predicted molar refractivity (Wildman–Crippen MR) is 88.0 cm³/mol. The third-order valence-electron chi connectivity index (χ3n) is 4.15. The fourth-order valence-corrected chi connectivity index (χ4v) is 2.77. The molecule has 7 heteroatoms. The van der Waals surface area contributed by atoms with Crippen LogP contribution in [0.15, 0.2) is 18.2 Å². The molecule has 0 spiro atoms. The molecule has 128 valence electrons. The Bertz CT molecular complexity index is 536. The molecular formula is C16H23ClFN3O2. The maximum Gasteiger partial charge on any atom is 0.315 e. The Morgan fingerprint density at radius 2 is 2.17 bits per heavy atom. The summed E-state index contributed by atoms with van der Waals surface area (Å²) in [4.78, 5) is 14.2. The number of rotatable bonds is 5. The van der Waals surface area contributed by atoms with E-state index in [1.54, 1.807) is 0 Å². The molecule has 23 heavy (non-hydrogen) atoms. The zero-order valence-electron chi connectivity index (χ0n) is 13.2. The Morgan fingerprint density at radius 1 is 1.48 bits per heavy atom. The van der Waals surface area contributed by atoms with Crippen LogP contribution < -0.4 is 10.6 Å². The Balaban J connectivity index is 1.74. The molecule has 1 aliphatic heterocycles. The molecular weight excluding hydrogens is 321 g/mol. The maximum atomic E-state index is 13.4. The minimum atomic E-state index is -0.977. The molecule has 1 heterocycles. The number of urea groups is 1. The number of aliphatic hydroxyl groups excluding tert-OH is 1. The van der Waals surface area contributed by atoms with Gasteiger partial charge in [0.1, 0.15) is 5.82 Å². The summed E-state index contributed by atoms with van der Waals surface area (Å²) >= 11 is 5.60. The number of hydrogen-bond acceptors (Lipinski definition) is 3.